The van der Waals surface area contributed by atoms with Crippen molar-refractivity contribution in [3.05, 3.63) is 59.9 Å². The van der Waals surface area contributed by atoms with Crippen LogP contribution in [-0.2, 0) is 21.4 Å². The number of carbonyl (C=O) groups is 1. The average Bonchev–Trinajstić information content (AvgIpc) is 2.66. The zero-order valence-electron chi connectivity index (χ0n) is 15.7. The SMILES string of the molecule is COc1ccccc1OCCNC(=O)CN(Cc1ccccc1F)S(C)(=O)=O. The van der Waals surface area contributed by atoms with Crippen LogP contribution in [0, 0.1) is 5.82 Å². The van der Waals surface area contributed by atoms with Crippen LogP contribution in [0.2, 0.25) is 0 Å². The summed E-state index contributed by atoms with van der Waals surface area (Å²) in [5.41, 5.74) is 0.195. The van der Waals surface area contributed by atoms with Gasteiger partial charge in [0.05, 0.1) is 26.5 Å². The number of hydrogen-bond acceptors (Lipinski definition) is 5. The molecule has 2 rings (SSSR count). The summed E-state index contributed by atoms with van der Waals surface area (Å²) >= 11 is 0. The van der Waals surface area contributed by atoms with Gasteiger partial charge in [-0.1, -0.05) is 30.3 Å². The van der Waals surface area contributed by atoms with Gasteiger partial charge in [0.25, 0.3) is 0 Å². The van der Waals surface area contributed by atoms with Gasteiger partial charge < -0.3 is 14.8 Å². The molecule has 9 heteroatoms. The molecule has 28 heavy (non-hydrogen) atoms. The smallest absolute Gasteiger partial charge is 0.235 e. The third-order valence-electron chi connectivity index (χ3n) is 3.84. The molecule has 2 aromatic carbocycles. The molecule has 0 fully saturated rings. The number of para-hydroxylation sites is 2. The lowest BCUT2D eigenvalue weighted by Gasteiger charge is -2.20. The lowest BCUT2D eigenvalue weighted by molar-refractivity contribution is -0.121. The lowest BCUT2D eigenvalue weighted by Crippen LogP contribution is -2.41. The molecular formula is C19H23FN2O5S. The van der Waals surface area contributed by atoms with Crippen LogP contribution >= 0.6 is 0 Å². The molecule has 152 valence electrons. The Bertz CT molecular complexity index is 905. The molecule has 0 atom stereocenters. The lowest BCUT2D eigenvalue weighted by atomic mass is 10.2. The van der Waals surface area contributed by atoms with E-state index in [9.17, 15) is 17.6 Å². The fraction of sp³-hybridized carbons (Fsp3) is 0.316. The van der Waals surface area contributed by atoms with E-state index in [1.165, 1.54) is 25.3 Å². The number of ether oxygens (including phenoxy) is 2. The first-order valence-corrected chi connectivity index (χ1v) is 10.4. The highest BCUT2D eigenvalue weighted by Crippen LogP contribution is 2.25. The predicted molar refractivity (Wildman–Crippen MR) is 103 cm³/mol. The van der Waals surface area contributed by atoms with Gasteiger partial charge in [0.1, 0.15) is 12.4 Å². The minimum absolute atomic E-state index is 0.175. The van der Waals surface area contributed by atoms with Gasteiger partial charge in [-0.15, -0.1) is 0 Å². The first-order chi connectivity index (χ1) is 13.3. The quantitative estimate of drug-likeness (QED) is 0.604. The molecule has 1 N–H and O–H groups in total. The Kier molecular flexibility index (Phi) is 7.77. The second-order valence-corrected chi connectivity index (χ2v) is 7.95. The maximum atomic E-state index is 13.8. The van der Waals surface area contributed by atoms with Gasteiger partial charge in [-0.3, -0.25) is 4.79 Å². The second kappa shape index (κ2) is 10.0. The average molecular weight is 410 g/mol. The van der Waals surface area contributed by atoms with Crippen molar-refractivity contribution >= 4 is 15.9 Å². The van der Waals surface area contributed by atoms with Crippen molar-refractivity contribution in [2.45, 2.75) is 6.54 Å². The van der Waals surface area contributed by atoms with E-state index in [0.717, 1.165) is 10.6 Å². The molecule has 0 spiro atoms. The van der Waals surface area contributed by atoms with Crippen molar-refractivity contribution in [3.63, 3.8) is 0 Å². The van der Waals surface area contributed by atoms with Crippen LogP contribution in [0.5, 0.6) is 11.5 Å². The normalized spacial score (nSPS) is 11.3. The Hall–Kier alpha value is -2.65. The summed E-state index contributed by atoms with van der Waals surface area (Å²) in [4.78, 5) is 12.1. The Morgan fingerprint density at radius 3 is 2.39 bits per heavy atom. The molecule has 0 aliphatic carbocycles. The van der Waals surface area contributed by atoms with Crippen LogP contribution in [0.1, 0.15) is 5.56 Å². The first kappa shape index (κ1) is 21.6. The molecule has 0 saturated heterocycles. The van der Waals surface area contributed by atoms with Crippen molar-refractivity contribution in [2.75, 3.05) is 33.1 Å². The van der Waals surface area contributed by atoms with E-state index in [-0.39, 0.29) is 25.3 Å². The maximum absolute atomic E-state index is 13.8. The van der Waals surface area contributed by atoms with E-state index in [4.69, 9.17) is 9.47 Å². The van der Waals surface area contributed by atoms with Crippen LogP contribution in [0.25, 0.3) is 0 Å². The number of hydrogen-bond donors (Lipinski definition) is 1. The summed E-state index contributed by atoms with van der Waals surface area (Å²) in [5, 5.41) is 2.59. The fourth-order valence-electron chi connectivity index (χ4n) is 2.41. The molecule has 0 aliphatic rings. The highest BCUT2D eigenvalue weighted by Gasteiger charge is 2.21. The monoisotopic (exact) mass is 410 g/mol. The molecule has 0 saturated carbocycles. The third-order valence-corrected chi connectivity index (χ3v) is 5.04. The summed E-state index contributed by atoms with van der Waals surface area (Å²) in [6.07, 6.45) is 0.978. The predicted octanol–water partition coefficient (Wildman–Crippen LogP) is 1.79. The Morgan fingerprint density at radius 1 is 1.11 bits per heavy atom. The van der Waals surface area contributed by atoms with Gasteiger partial charge in [0.2, 0.25) is 15.9 Å². The summed E-state index contributed by atoms with van der Waals surface area (Å²) in [7, 11) is -2.17. The summed E-state index contributed by atoms with van der Waals surface area (Å²) in [6, 6.07) is 12.9. The zero-order chi connectivity index (χ0) is 20.6. The van der Waals surface area contributed by atoms with Gasteiger partial charge in [-0.2, -0.15) is 4.31 Å². The van der Waals surface area contributed by atoms with Gasteiger partial charge in [-0.05, 0) is 18.2 Å². The third kappa shape index (κ3) is 6.50. The first-order valence-electron chi connectivity index (χ1n) is 8.52. The summed E-state index contributed by atoms with van der Waals surface area (Å²) in [6.45, 7) is -0.287. The number of carbonyl (C=O) groups excluding carboxylic acids is 1. The molecule has 0 heterocycles. The molecule has 0 bridgehead atoms. The van der Waals surface area contributed by atoms with Crippen molar-refractivity contribution in [1.29, 1.82) is 0 Å². The van der Waals surface area contributed by atoms with E-state index >= 15 is 0 Å². The van der Waals surface area contributed by atoms with Crippen molar-refractivity contribution in [3.8, 4) is 11.5 Å². The Balaban J connectivity index is 1.87. The van der Waals surface area contributed by atoms with Crippen LogP contribution in [0.4, 0.5) is 4.39 Å². The number of benzene rings is 2. The molecular weight excluding hydrogens is 387 g/mol. The zero-order valence-corrected chi connectivity index (χ0v) is 16.5. The number of sulfonamides is 1. The van der Waals surface area contributed by atoms with E-state index in [1.807, 2.05) is 6.07 Å². The Morgan fingerprint density at radius 2 is 1.75 bits per heavy atom. The van der Waals surface area contributed by atoms with E-state index < -0.39 is 28.3 Å². The summed E-state index contributed by atoms with van der Waals surface area (Å²) < 4.78 is 49.3. The van der Waals surface area contributed by atoms with Crippen LogP contribution in [-0.4, -0.2) is 51.7 Å². The van der Waals surface area contributed by atoms with Gasteiger partial charge in [-0.25, -0.2) is 12.8 Å². The Labute approximate surface area is 164 Å². The standard InChI is InChI=1S/C19H23FN2O5S/c1-26-17-9-5-6-10-18(17)27-12-11-21-19(23)14-22(28(2,24)25)13-15-7-3-4-8-16(15)20/h3-10H,11-14H2,1-2H3,(H,21,23). The molecule has 2 aromatic rings. The molecule has 0 radical (unpaired) electrons. The van der Waals surface area contributed by atoms with Gasteiger partial charge in [0.15, 0.2) is 11.5 Å². The number of nitrogens with zero attached hydrogens (tertiary/aromatic N) is 1. The van der Waals surface area contributed by atoms with Crippen molar-refractivity contribution < 1.29 is 27.1 Å². The largest absolute Gasteiger partial charge is 0.493 e. The molecule has 7 nitrogen and oxygen atoms in total. The second-order valence-electron chi connectivity index (χ2n) is 5.97. The van der Waals surface area contributed by atoms with Crippen LogP contribution in [0.3, 0.4) is 0 Å². The fourth-order valence-corrected chi connectivity index (χ4v) is 3.14. The molecule has 0 unspecified atom stereocenters. The molecule has 1 amide bonds. The maximum Gasteiger partial charge on any atom is 0.235 e. The van der Waals surface area contributed by atoms with Gasteiger partial charge in [0, 0.05) is 12.1 Å². The van der Waals surface area contributed by atoms with E-state index in [1.54, 1.807) is 24.3 Å². The highest BCUT2D eigenvalue weighted by atomic mass is 32.2. The highest BCUT2D eigenvalue weighted by molar-refractivity contribution is 7.88. The topological polar surface area (TPSA) is 84.9 Å². The minimum Gasteiger partial charge on any atom is -0.493 e. The number of rotatable bonds is 10. The van der Waals surface area contributed by atoms with Gasteiger partial charge >= 0.3 is 0 Å². The number of halogens is 1. The minimum atomic E-state index is -3.70. The molecule has 0 aliphatic heterocycles. The molecule has 0 aromatic heterocycles. The van der Waals surface area contributed by atoms with E-state index in [0.29, 0.717) is 11.5 Å². The van der Waals surface area contributed by atoms with Crippen molar-refractivity contribution in [1.82, 2.24) is 9.62 Å². The van der Waals surface area contributed by atoms with E-state index in [2.05, 4.69) is 5.32 Å². The number of nitrogens with one attached hydrogen (secondary N) is 1. The number of amides is 1. The van der Waals surface area contributed by atoms with Crippen molar-refractivity contribution in [2.24, 2.45) is 0 Å². The van der Waals surface area contributed by atoms with Crippen LogP contribution in [0.15, 0.2) is 48.5 Å². The number of methoxy groups -OCH3 is 1. The summed E-state index contributed by atoms with van der Waals surface area (Å²) in [5.74, 6) is 0.0747. The van der Waals surface area contributed by atoms with Crippen LogP contribution < -0.4 is 14.8 Å².